The number of nitrogens with two attached hydrogens (primary N) is 1. The van der Waals surface area contributed by atoms with Gasteiger partial charge in [0.1, 0.15) is 0 Å². The average molecular weight is 1250 g/mol. The molecule has 0 aliphatic heterocycles. The number of alkyl halides is 41. The van der Waals surface area contributed by atoms with E-state index in [9.17, 15) is 167 Å². The number of hydrogen-bond donors (Lipinski definition) is 3. The van der Waals surface area contributed by atoms with Crippen LogP contribution < -0.4 is 11.2 Å². The molecule has 4 N–H and O–H groups in total. The zero-order chi connectivity index (χ0) is 62.7. The minimum atomic E-state index is -9.92. The van der Waals surface area contributed by atoms with Gasteiger partial charge in [-0.15, -0.1) is 0 Å². The fraction of sp³-hybridized carbons (Fsp3) is 0.769. The van der Waals surface area contributed by atoms with Crippen LogP contribution in [-0.4, -0.2) is 132 Å². The first-order chi connectivity index (χ1) is 32.8. The van der Waals surface area contributed by atoms with E-state index < -0.39 is 157 Å². The Morgan fingerprint density at radius 2 is 0.506 bits per heavy atom. The van der Waals surface area contributed by atoms with Gasteiger partial charge in [0.2, 0.25) is 0 Å². The Labute approximate surface area is 388 Å². The Morgan fingerprint density at radius 3 is 0.701 bits per heavy atom. The normalized spacial score (nSPS) is 20.1. The van der Waals surface area contributed by atoms with E-state index >= 15 is 13.2 Å². The monoisotopic (exact) mass is 1250 g/mol. The SMILES string of the molecule is Nc1cc(B(O)O)cc(C(F)(OC(F)(F)C(F)(OC(F)(F)C(F)(OC(F)(F)C(F)(OC(F)(F)C(F)(OC(F)(F)C(F)(OC(F)(F)C(F)(F)C(F)(F)F)C(F)(F)F)C(F)(F)F)C(F)(F)F)C(F)(F)F)C(F)(F)F)C(F)(F)F)c1. The zero-order valence-corrected chi connectivity index (χ0v) is 33.2. The second kappa shape index (κ2) is 19.3. The third-order valence-corrected chi connectivity index (χ3v) is 8.04. The second-order valence-electron chi connectivity index (χ2n) is 13.6. The number of benzene rings is 1. The van der Waals surface area contributed by atoms with Gasteiger partial charge in [-0.05, 0) is 17.6 Å². The summed E-state index contributed by atoms with van der Waals surface area (Å²) in [4.78, 5) is 0. The highest BCUT2D eigenvalue weighted by molar-refractivity contribution is 6.58. The number of nitrogen functional groups attached to an aromatic ring is 1. The van der Waals surface area contributed by atoms with E-state index in [2.05, 4.69) is 0 Å². The smallest absolute Gasteiger partial charge is 0.423 e. The fourth-order valence-electron chi connectivity index (χ4n) is 4.32. The maximum absolute atomic E-state index is 15.3. The minimum Gasteiger partial charge on any atom is -0.423 e. The summed E-state index contributed by atoms with van der Waals surface area (Å²) in [7, 11) is -3.34. The van der Waals surface area contributed by atoms with Crippen LogP contribution in [0.15, 0.2) is 18.2 Å². The summed E-state index contributed by atoms with van der Waals surface area (Å²) in [6.45, 7) is 0. The second-order valence-corrected chi connectivity index (χ2v) is 13.6. The van der Waals surface area contributed by atoms with Crippen molar-refractivity contribution in [3.05, 3.63) is 23.8 Å². The lowest BCUT2D eigenvalue weighted by atomic mass is 9.78. The summed E-state index contributed by atoms with van der Waals surface area (Å²) < 4.78 is 574. The van der Waals surface area contributed by atoms with Gasteiger partial charge in [-0.25, -0.2) is 0 Å². The first-order valence-electron chi connectivity index (χ1n) is 16.5. The highest BCUT2D eigenvalue weighted by atomic mass is 19.5. The average Bonchev–Trinajstić information content (AvgIpc) is 3.12. The first kappa shape index (κ1) is 70.9. The highest BCUT2D eigenvalue weighted by Gasteiger charge is 2.92. The molecule has 0 fully saturated rings. The molecule has 77 heavy (non-hydrogen) atoms. The Bertz CT molecular complexity index is 2240. The molecular weight excluding hydrogens is 1240 g/mol. The molecule has 0 aliphatic rings. The van der Waals surface area contributed by atoms with Gasteiger partial charge in [0, 0.05) is 11.3 Å². The molecule has 1 rings (SSSR count). The van der Waals surface area contributed by atoms with Gasteiger partial charge < -0.3 is 15.8 Å². The lowest BCUT2D eigenvalue weighted by Gasteiger charge is -2.45. The van der Waals surface area contributed by atoms with E-state index in [-0.39, 0.29) is 6.07 Å². The first-order valence-corrected chi connectivity index (χ1v) is 16.5. The van der Waals surface area contributed by atoms with Crippen molar-refractivity contribution in [1.29, 1.82) is 0 Å². The van der Waals surface area contributed by atoms with Crippen molar-refractivity contribution in [2.75, 3.05) is 5.73 Å². The molecule has 6 unspecified atom stereocenters. The van der Waals surface area contributed by atoms with Crippen LogP contribution in [0, 0.1) is 0 Å². The Morgan fingerprint density at radius 1 is 0.286 bits per heavy atom. The van der Waals surface area contributed by atoms with E-state index in [1.807, 2.05) is 4.74 Å². The van der Waals surface area contributed by atoms with Crippen LogP contribution in [0.5, 0.6) is 0 Å². The van der Waals surface area contributed by atoms with Crippen LogP contribution in [0.25, 0.3) is 0 Å². The molecule has 0 radical (unpaired) electrons. The molecule has 0 spiro atoms. The van der Waals surface area contributed by atoms with Gasteiger partial charge in [0.25, 0.3) is 0 Å². The molecule has 9 nitrogen and oxygen atoms in total. The summed E-state index contributed by atoms with van der Waals surface area (Å²) in [5.74, 6) is -64.0. The van der Waals surface area contributed by atoms with Crippen molar-refractivity contribution < 1.29 is 218 Å². The molecule has 1 aromatic rings. The molecule has 51 heteroatoms. The standard InChI is InChI=1S/C26H7BF41NO8/c28-7(14(36,37)38,4-1-5(27(70)71)3-6(69)2-4)72-22(59,60)9(31,16(42,43)44)74-24(63,64)11(33,18(48,49)50)76-26(67,68)13(35,20(54,55)56)77-25(65,66)12(34,19(51,52)53)75-23(61,62)10(32,17(45,46)47)73-21(57,58)8(29,30)15(39,40)41/h1-3,70-71H,69H2. The highest BCUT2D eigenvalue weighted by Crippen LogP contribution is 2.64. The summed E-state index contributed by atoms with van der Waals surface area (Å²) >= 11 is 0. The van der Waals surface area contributed by atoms with Crippen LogP contribution in [0.3, 0.4) is 0 Å². The molecule has 0 aromatic heterocycles. The molecule has 0 aliphatic carbocycles. The van der Waals surface area contributed by atoms with E-state index in [4.69, 9.17) is 15.8 Å². The predicted octanol–water partition coefficient (Wildman–Crippen LogP) is 11.6. The van der Waals surface area contributed by atoms with Crippen molar-refractivity contribution in [3.8, 4) is 0 Å². The molecule has 0 heterocycles. The van der Waals surface area contributed by atoms with Gasteiger partial charge in [0.05, 0.1) is 0 Å². The van der Waals surface area contributed by atoms with Gasteiger partial charge in [-0.1, -0.05) is 6.07 Å². The van der Waals surface area contributed by atoms with E-state index in [0.29, 0.717) is 14.2 Å². The lowest BCUT2D eigenvalue weighted by Crippen LogP contribution is -2.73. The maximum Gasteiger partial charge on any atom is 0.488 e. The molecular formula is C26H7BF41NO8. The topological polar surface area (TPSA) is 122 Å². The van der Waals surface area contributed by atoms with Crippen molar-refractivity contribution in [3.63, 3.8) is 0 Å². The van der Waals surface area contributed by atoms with Crippen LogP contribution in [-0.2, 0) is 34.3 Å². The van der Waals surface area contributed by atoms with E-state index in [1.54, 1.807) is 0 Å². The van der Waals surface area contributed by atoms with Gasteiger partial charge >= 0.3 is 128 Å². The Hall–Kier alpha value is -4.11. The summed E-state index contributed by atoms with van der Waals surface area (Å²) in [5.41, 5.74) is -1.71. The van der Waals surface area contributed by atoms with Crippen molar-refractivity contribution >= 4 is 18.3 Å². The van der Waals surface area contributed by atoms with Gasteiger partial charge in [-0.3, -0.25) is 28.4 Å². The predicted molar refractivity (Wildman–Crippen MR) is 146 cm³/mol. The van der Waals surface area contributed by atoms with Gasteiger partial charge in [-0.2, -0.15) is 180 Å². The molecule has 454 valence electrons. The third kappa shape index (κ3) is 12.0. The molecule has 0 saturated carbocycles. The number of rotatable bonds is 20. The largest absolute Gasteiger partial charge is 0.488 e. The van der Waals surface area contributed by atoms with E-state index in [1.165, 1.54) is 0 Å². The Balaban J connectivity index is 4.35. The van der Waals surface area contributed by atoms with Crippen LogP contribution >= 0.6 is 0 Å². The Kier molecular flexibility index (Phi) is 17.8. The summed E-state index contributed by atoms with van der Waals surface area (Å²) in [6, 6.07) is -1.84. The lowest BCUT2D eigenvalue weighted by molar-refractivity contribution is -0.605. The minimum absolute atomic E-state index is 0.0547. The fourth-order valence-corrected chi connectivity index (χ4v) is 4.32. The molecule has 0 saturated heterocycles. The summed E-state index contributed by atoms with van der Waals surface area (Å²) in [5, 5.41) is 18.0. The van der Waals surface area contributed by atoms with Crippen molar-refractivity contribution in [2.24, 2.45) is 0 Å². The van der Waals surface area contributed by atoms with Crippen LogP contribution in [0.2, 0.25) is 0 Å². The summed E-state index contributed by atoms with van der Waals surface area (Å²) in [6.07, 6.45) is -119. The van der Waals surface area contributed by atoms with Crippen LogP contribution in [0.1, 0.15) is 5.56 Å². The number of hydrogen-bond acceptors (Lipinski definition) is 9. The maximum atomic E-state index is 15.3. The van der Waals surface area contributed by atoms with Crippen molar-refractivity contribution in [2.45, 2.75) is 121 Å². The van der Waals surface area contributed by atoms with Gasteiger partial charge in [0.15, 0.2) is 0 Å². The van der Waals surface area contributed by atoms with Crippen molar-refractivity contribution in [1.82, 2.24) is 0 Å². The molecule has 6 atom stereocenters. The quantitative estimate of drug-likeness (QED) is 0.0666. The number of ether oxygens (including phenoxy) is 6. The number of halogens is 41. The molecule has 1 aromatic carbocycles. The third-order valence-electron chi connectivity index (χ3n) is 8.04. The van der Waals surface area contributed by atoms with Crippen LogP contribution in [0.4, 0.5) is 186 Å². The molecule has 0 amide bonds. The zero-order valence-electron chi connectivity index (χ0n) is 33.2. The van der Waals surface area contributed by atoms with E-state index in [0.717, 1.165) is 9.47 Å². The number of anilines is 1. The molecule has 0 bridgehead atoms.